The van der Waals surface area contributed by atoms with Crippen LogP contribution < -0.4 is 5.46 Å². The van der Waals surface area contributed by atoms with E-state index >= 15 is 0 Å². The first-order valence-corrected chi connectivity index (χ1v) is 13.6. The summed E-state index contributed by atoms with van der Waals surface area (Å²) in [6.45, 7) is 13.3. The Morgan fingerprint density at radius 2 is 1.45 bits per heavy atom. The van der Waals surface area contributed by atoms with Crippen molar-refractivity contribution in [1.82, 2.24) is 4.90 Å². The first-order chi connectivity index (χ1) is 18.1. The molecule has 4 rings (SSSR count). The lowest BCUT2D eigenvalue weighted by molar-refractivity contribution is -0.145. The molecule has 0 aliphatic carbocycles. The molecule has 38 heavy (non-hydrogen) atoms. The highest BCUT2D eigenvalue weighted by molar-refractivity contribution is 6.62. The van der Waals surface area contributed by atoms with Crippen molar-refractivity contribution < 1.29 is 18.8 Å². The van der Waals surface area contributed by atoms with Gasteiger partial charge in [-0.05, 0) is 63.7 Å². The van der Waals surface area contributed by atoms with Gasteiger partial charge in [0.25, 0.3) is 0 Å². The molecule has 0 saturated carbocycles. The monoisotopic (exact) mass is 513 g/mol. The molecule has 5 nitrogen and oxygen atoms in total. The maximum Gasteiger partial charge on any atom is 0.494 e. The van der Waals surface area contributed by atoms with Gasteiger partial charge in [-0.25, -0.2) is 0 Å². The standard InChI is InChI=1S/C32H40BNO4/c1-7-36-30(35)22-29(27-19-14-20-28(21-27)33-37-31(3,4)32(5,6)38-33)34(23-25-15-10-8-11-16-25)24(2)26-17-12-9-13-18-26/h8-21,24,29H,7,22-23H2,1-6H3/t24-,29+/m1/s1. The molecule has 1 aliphatic heterocycles. The molecule has 3 aromatic carbocycles. The van der Waals surface area contributed by atoms with Crippen molar-refractivity contribution in [2.75, 3.05) is 6.61 Å². The second-order valence-electron chi connectivity index (χ2n) is 11.0. The zero-order valence-corrected chi connectivity index (χ0v) is 23.5. The molecular weight excluding hydrogens is 473 g/mol. The van der Waals surface area contributed by atoms with Crippen LogP contribution in [0.1, 0.15) is 76.7 Å². The van der Waals surface area contributed by atoms with Gasteiger partial charge in [0.15, 0.2) is 0 Å². The first kappa shape index (κ1) is 28.1. The molecule has 0 aromatic heterocycles. The normalized spacial score (nSPS) is 17.8. The zero-order chi connectivity index (χ0) is 27.3. The fourth-order valence-electron chi connectivity index (χ4n) is 4.93. The Bertz CT molecular complexity index is 1180. The van der Waals surface area contributed by atoms with Gasteiger partial charge in [0.05, 0.1) is 24.2 Å². The Morgan fingerprint density at radius 3 is 2.05 bits per heavy atom. The molecule has 0 bridgehead atoms. The van der Waals surface area contributed by atoms with Gasteiger partial charge in [-0.3, -0.25) is 9.69 Å². The summed E-state index contributed by atoms with van der Waals surface area (Å²) in [5.41, 5.74) is 3.50. The molecule has 2 atom stereocenters. The van der Waals surface area contributed by atoms with E-state index in [0.29, 0.717) is 13.2 Å². The Labute approximate surface area is 228 Å². The van der Waals surface area contributed by atoms with Gasteiger partial charge in [0.1, 0.15) is 0 Å². The number of esters is 1. The smallest absolute Gasteiger partial charge is 0.466 e. The molecule has 1 saturated heterocycles. The third kappa shape index (κ3) is 6.37. The van der Waals surface area contributed by atoms with Crippen LogP contribution in [0.4, 0.5) is 0 Å². The first-order valence-electron chi connectivity index (χ1n) is 13.6. The molecule has 1 heterocycles. The summed E-state index contributed by atoms with van der Waals surface area (Å²) >= 11 is 0. The number of hydrogen-bond acceptors (Lipinski definition) is 5. The number of carbonyl (C=O) groups is 1. The molecular formula is C32H40BNO4. The lowest BCUT2D eigenvalue weighted by Crippen LogP contribution is -2.41. The van der Waals surface area contributed by atoms with Crippen LogP contribution in [0.15, 0.2) is 84.9 Å². The number of ether oxygens (including phenoxy) is 1. The number of rotatable bonds is 10. The van der Waals surface area contributed by atoms with Crippen LogP contribution in [-0.4, -0.2) is 35.8 Å². The van der Waals surface area contributed by atoms with Crippen molar-refractivity contribution in [3.8, 4) is 0 Å². The van der Waals surface area contributed by atoms with E-state index in [1.807, 2.05) is 31.2 Å². The fraction of sp³-hybridized carbons (Fsp3) is 0.406. The largest absolute Gasteiger partial charge is 0.494 e. The van der Waals surface area contributed by atoms with Crippen LogP contribution >= 0.6 is 0 Å². The summed E-state index contributed by atoms with van der Waals surface area (Å²) in [4.78, 5) is 15.3. The number of nitrogens with zero attached hydrogens (tertiary/aromatic N) is 1. The highest BCUT2D eigenvalue weighted by atomic mass is 16.7. The van der Waals surface area contributed by atoms with Gasteiger partial charge in [0.2, 0.25) is 0 Å². The topological polar surface area (TPSA) is 48.0 Å². The molecule has 3 aromatic rings. The number of hydrogen-bond donors (Lipinski definition) is 0. The molecule has 6 heteroatoms. The van der Waals surface area contributed by atoms with Gasteiger partial charge < -0.3 is 14.0 Å². The summed E-state index contributed by atoms with van der Waals surface area (Å²) < 4.78 is 18.1. The summed E-state index contributed by atoms with van der Waals surface area (Å²) in [7, 11) is -0.475. The van der Waals surface area contributed by atoms with E-state index in [1.165, 1.54) is 11.1 Å². The maximum absolute atomic E-state index is 13.0. The van der Waals surface area contributed by atoms with Crippen molar-refractivity contribution in [1.29, 1.82) is 0 Å². The van der Waals surface area contributed by atoms with Crippen molar-refractivity contribution >= 4 is 18.6 Å². The van der Waals surface area contributed by atoms with Crippen LogP contribution in [0.5, 0.6) is 0 Å². The van der Waals surface area contributed by atoms with Crippen LogP contribution in [-0.2, 0) is 25.4 Å². The second-order valence-corrected chi connectivity index (χ2v) is 11.0. The molecule has 0 N–H and O–H groups in total. The number of benzene rings is 3. The minimum Gasteiger partial charge on any atom is -0.466 e. The molecule has 1 fully saturated rings. The zero-order valence-electron chi connectivity index (χ0n) is 23.5. The summed E-state index contributed by atoms with van der Waals surface area (Å²) in [6, 6.07) is 29.0. The molecule has 0 amide bonds. The Kier molecular flexibility index (Phi) is 8.76. The van der Waals surface area contributed by atoms with E-state index in [0.717, 1.165) is 11.0 Å². The summed E-state index contributed by atoms with van der Waals surface area (Å²) in [5.74, 6) is -0.211. The van der Waals surface area contributed by atoms with E-state index in [4.69, 9.17) is 14.0 Å². The lowest BCUT2D eigenvalue weighted by atomic mass is 9.77. The highest BCUT2D eigenvalue weighted by Crippen LogP contribution is 2.38. The molecule has 1 aliphatic rings. The van der Waals surface area contributed by atoms with E-state index < -0.39 is 18.3 Å². The van der Waals surface area contributed by atoms with Crippen LogP contribution in [0.2, 0.25) is 0 Å². The van der Waals surface area contributed by atoms with E-state index in [2.05, 4.69) is 100 Å². The Balaban J connectivity index is 1.75. The summed E-state index contributed by atoms with van der Waals surface area (Å²) in [6.07, 6.45) is 0.241. The molecule has 0 unspecified atom stereocenters. The van der Waals surface area contributed by atoms with Crippen molar-refractivity contribution in [3.05, 3.63) is 102 Å². The SMILES string of the molecule is CCOC(=O)C[C@@H](c1cccc(B2OC(C)(C)C(C)(C)O2)c1)N(Cc1ccccc1)[C@H](C)c1ccccc1. The highest BCUT2D eigenvalue weighted by Gasteiger charge is 2.51. The second kappa shape index (κ2) is 11.9. The minimum atomic E-state index is -0.475. The molecule has 0 radical (unpaired) electrons. The Morgan fingerprint density at radius 1 is 0.868 bits per heavy atom. The Hall–Kier alpha value is -2.93. The lowest BCUT2D eigenvalue weighted by Gasteiger charge is -2.37. The van der Waals surface area contributed by atoms with Crippen LogP contribution in [0, 0.1) is 0 Å². The summed E-state index contributed by atoms with van der Waals surface area (Å²) in [5, 5.41) is 0. The van der Waals surface area contributed by atoms with Crippen molar-refractivity contribution in [3.63, 3.8) is 0 Å². The fourth-order valence-corrected chi connectivity index (χ4v) is 4.93. The minimum absolute atomic E-state index is 0.0522. The van der Waals surface area contributed by atoms with E-state index in [9.17, 15) is 4.79 Å². The van der Waals surface area contributed by atoms with Gasteiger partial charge in [-0.1, -0.05) is 84.9 Å². The predicted octanol–water partition coefficient (Wildman–Crippen LogP) is 6.24. The quantitative estimate of drug-likeness (QED) is 0.237. The van der Waals surface area contributed by atoms with Gasteiger partial charge in [-0.2, -0.15) is 0 Å². The van der Waals surface area contributed by atoms with E-state index in [-0.39, 0.29) is 24.5 Å². The predicted molar refractivity (Wildman–Crippen MR) is 153 cm³/mol. The maximum atomic E-state index is 13.0. The third-order valence-electron chi connectivity index (χ3n) is 7.87. The number of carbonyl (C=O) groups excluding carboxylic acids is 1. The van der Waals surface area contributed by atoms with Gasteiger partial charge in [0, 0.05) is 18.6 Å². The van der Waals surface area contributed by atoms with Crippen LogP contribution in [0.25, 0.3) is 0 Å². The van der Waals surface area contributed by atoms with E-state index in [1.54, 1.807) is 0 Å². The van der Waals surface area contributed by atoms with Gasteiger partial charge >= 0.3 is 13.1 Å². The van der Waals surface area contributed by atoms with Crippen molar-refractivity contribution in [2.45, 2.75) is 77.8 Å². The van der Waals surface area contributed by atoms with Crippen molar-refractivity contribution in [2.24, 2.45) is 0 Å². The molecule has 200 valence electrons. The van der Waals surface area contributed by atoms with Crippen LogP contribution in [0.3, 0.4) is 0 Å². The average molecular weight is 513 g/mol. The molecule has 0 spiro atoms. The third-order valence-corrected chi connectivity index (χ3v) is 7.87. The van der Waals surface area contributed by atoms with Gasteiger partial charge in [-0.15, -0.1) is 0 Å². The average Bonchev–Trinajstić information content (AvgIpc) is 3.13.